The van der Waals surface area contributed by atoms with Crippen LogP contribution in [0.15, 0.2) is 66.7 Å². The van der Waals surface area contributed by atoms with E-state index in [2.05, 4.69) is 15.4 Å². The molecule has 0 aliphatic carbocycles. The number of para-hydroxylation sites is 2. The van der Waals surface area contributed by atoms with Gasteiger partial charge in [-0.15, -0.1) is 0 Å². The predicted octanol–water partition coefficient (Wildman–Crippen LogP) is 3.37. The molecule has 0 saturated heterocycles. The lowest BCUT2D eigenvalue weighted by molar-refractivity contribution is -0.122. The molecule has 3 N–H and O–H groups in total. The van der Waals surface area contributed by atoms with Gasteiger partial charge in [-0.2, -0.15) is 0 Å². The van der Waals surface area contributed by atoms with Gasteiger partial charge in [-0.05, 0) is 42.0 Å². The van der Waals surface area contributed by atoms with Crippen LogP contribution in [-0.2, 0) is 16.0 Å². The van der Waals surface area contributed by atoms with E-state index in [1.165, 1.54) is 31.4 Å². The maximum absolute atomic E-state index is 12.7. The van der Waals surface area contributed by atoms with E-state index in [1.54, 1.807) is 18.2 Å². The molecular formula is C24H20N2O6. The summed E-state index contributed by atoms with van der Waals surface area (Å²) < 4.78 is 10.3. The maximum atomic E-state index is 12.7. The molecule has 0 saturated carbocycles. The van der Waals surface area contributed by atoms with Gasteiger partial charge in [-0.25, -0.2) is 4.79 Å². The molecule has 0 bridgehead atoms. The van der Waals surface area contributed by atoms with Gasteiger partial charge < -0.3 is 25.2 Å². The average molecular weight is 432 g/mol. The lowest BCUT2D eigenvalue weighted by atomic mass is 10.1. The SMILES string of the molecule is COC(=O)c1cccc(NC(=O)c2cccc(NC(=O)C3Cc4ccccc4O3)c2)c1O. The summed E-state index contributed by atoms with van der Waals surface area (Å²) in [6.45, 7) is 0. The molecule has 1 aliphatic rings. The standard InChI is InChI=1S/C24H20N2O6/c1-31-24(30)17-9-5-10-18(21(17)27)26-22(28)15-7-4-8-16(12-15)25-23(29)20-13-14-6-2-3-11-19(14)32-20/h2-12,20,27H,13H2,1H3,(H,25,29)(H,26,28). The first-order chi connectivity index (χ1) is 15.5. The van der Waals surface area contributed by atoms with E-state index in [1.807, 2.05) is 24.3 Å². The summed E-state index contributed by atoms with van der Waals surface area (Å²) in [6.07, 6.45) is -0.180. The van der Waals surface area contributed by atoms with E-state index in [-0.39, 0.29) is 22.7 Å². The third-order valence-corrected chi connectivity index (χ3v) is 5.02. The Kier molecular flexibility index (Phi) is 5.76. The van der Waals surface area contributed by atoms with Crippen LogP contribution in [-0.4, -0.2) is 36.1 Å². The van der Waals surface area contributed by atoms with E-state index in [0.717, 1.165) is 5.56 Å². The van der Waals surface area contributed by atoms with Crippen molar-refractivity contribution in [1.82, 2.24) is 0 Å². The van der Waals surface area contributed by atoms with Crippen molar-refractivity contribution in [3.63, 3.8) is 0 Å². The molecule has 2 amide bonds. The number of ether oxygens (including phenoxy) is 2. The fraction of sp³-hybridized carbons (Fsp3) is 0.125. The second-order valence-corrected chi connectivity index (χ2v) is 7.14. The van der Waals surface area contributed by atoms with Gasteiger partial charge in [0.05, 0.1) is 12.8 Å². The quantitative estimate of drug-likeness (QED) is 0.421. The van der Waals surface area contributed by atoms with Gasteiger partial charge in [-0.1, -0.05) is 30.3 Å². The summed E-state index contributed by atoms with van der Waals surface area (Å²) >= 11 is 0. The van der Waals surface area contributed by atoms with Crippen molar-refractivity contribution in [3.05, 3.63) is 83.4 Å². The highest BCUT2D eigenvalue weighted by molar-refractivity contribution is 6.07. The van der Waals surface area contributed by atoms with Gasteiger partial charge >= 0.3 is 5.97 Å². The first-order valence-electron chi connectivity index (χ1n) is 9.83. The second-order valence-electron chi connectivity index (χ2n) is 7.14. The highest BCUT2D eigenvalue weighted by Crippen LogP contribution is 2.30. The van der Waals surface area contributed by atoms with Crippen molar-refractivity contribution in [1.29, 1.82) is 0 Å². The van der Waals surface area contributed by atoms with Gasteiger partial charge in [0.2, 0.25) is 0 Å². The summed E-state index contributed by atoms with van der Waals surface area (Å²) in [5.74, 6) is -1.27. The van der Waals surface area contributed by atoms with E-state index < -0.39 is 23.7 Å². The van der Waals surface area contributed by atoms with Crippen LogP contribution < -0.4 is 15.4 Å². The number of esters is 1. The minimum Gasteiger partial charge on any atom is -0.505 e. The molecule has 1 heterocycles. The maximum Gasteiger partial charge on any atom is 0.341 e. The molecule has 162 valence electrons. The summed E-state index contributed by atoms with van der Waals surface area (Å²) in [6, 6.07) is 18.2. The molecule has 1 unspecified atom stereocenters. The number of phenolic OH excluding ortho intramolecular Hbond substituents is 1. The lowest BCUT2D eigenvalue weighted by Crippen LogP contribution is -2.31. The summed E-state index contributed by atoms with van der Waals surface area (Å²) in [7, 11) is 1.20. The molecule has 3 aromatic carbocycles. The minimum atomic E-state index is -0.723. The number of amides is 2. The molecule has 0 spiro atoms. The van der Waals surface area contributed by atoms with Crippen molar-refractivity contribution in [3.8, 4) is 11.5 Å². The van der Waals surface area contributed by atoms with E-state index >= 15 is 0 Å². The topological polar surface area (TPSA) is 114 Å². The largest absolute Gasteiger partial charge is 0.505 e. The average Bonchev–Trinajstić information content (AvgIpc) is 3.25. The fourth-order valence-corrected chi connectivity index (χ4v) is 3.40. The second kappa shape index (κ2) is 8.81. The zero-order chi connectivity index (χ0) is 22.7. The molecule has 0 aromatic heterocycles. The van der Waals surface area contributed by atoms with Gasteiger partial charge in [0, 0.05) is 17.7 Å². The number of aromatic hydroxyl groups is 1. The highest BCUT2D eigenvalue weighted by Gasteiger charge is 2.29. The predicted molar refractivity (Wildman–Crippen MR) is 117 cm³/mol. The van der Waals surface area contributed by atoms with E-state index in [4.69, 9.17) is 4.74 Å². The number of carbonyl (C=O) groups is 3. The zero-order valence-electron chi connectivity index (χ0n) is 17.1. The van der Waals surface area contributed by atoms with E-state index in [0.29, 0.717) is 17.9 Å². The summed E-state index contributed by atoms with van der Waals surface area (Å²) in [5, 5.41) is 15.6. The first kappa shape index (κ1) is 20.9. The first-order valence-corrected chi connectivity index (χ1v) is 9.83. The Hall–Kier alpha value is -4.33. The van der Waals surface area contributed by atoms with Crippen molar-refractivity contribution in [2.45, 2.75) is 12.5 Å². The van der Waals surface area contributed by atoms with Gasteiger partial charge in [0.1, 0.15) is 11.3 Å². The molecule has 8 heteroatoms. The van der Waals surface area contributed by atoms with Crippen LogP contribution in [0.4, 0.5) is 11.4 Å². The number of carbonyl (C=O) groups excluding carboxylic acids is 3. The molecule has 1 aliphatic heterocycles. The third kappa shape index (κ3) is 4.24. The molecule has 0 fully saturated rings. The van der Waals surface area contributed by atoms with Crippen molar-refractivity contribution in [2.75, 3.05) is 17.7 Å². The van der Waals surface area contributed by atoms with Crippen molar-refractivity contribution >= 4 is 29.2 Å². The Balaban J connectivity index is 1.45. The van der Waals surface area contributed by atoms with Crippen LogP contribution in [0.5, 0.6) is 11.5 Å². The van der Waals surface area contributed by atoms with Gasteiger partial charge in [0.25, 0.3) is 11.8 Å². The Morgan fingerprint density at radius 3 is 2.56 bits per heavy atom. The number of hydrogen-bond donors (Lipinski definition) is 3. The third-order valence-electron chi connectivity index (χ3n) is 5.02. The molecular weight excluding hydrogens is 412 g/mol. The molecule has 3 aromatic rings. The highest BCUT2D eigenvalue weighted by atomic mass is 16.5. The molecule has 1 atom stereocenters. The zero-order valence-corrected chi connectivity index (χ0v) is 17.1. The number of benzene rings is 3. The number of anilines is 2. The normalized spacial score (nSPS) is 14.1. The number of fused-ring (bicyclic) bond motifs is 1. The number of phenols is 1. The Labute approximate surface area is 183 Å². The minimum absolute atomic E-state index is 0.0597. The Bertz CT molecular complexity index is 1180. The van der Waals surface area contributed by atoms with Crippen LogP contribution in [0.25, 0.3) is 0 Å². The fourth-order valence-electron chi connectivity index (χ4n) is 3.40. The van der Waals surface area contributed by atoms with Crippen LogP contribution in [0.1, 0.15) is 26.3 Å². The van der Waals surface area contributed by atoms with Gasteiger partial charge in [0.15, 0.2) is 11.9 Å². The molecule has 32 heavy (non-hydrogen) atoms. The number of hydrogen-bond acceptors (Lipinski definition) is 6. The van der Waals surface area contributed by atoms with Crippen molar-refractivity contribution < 1.29 is 29.0 Å². The summed E-state index contributed by atoms with van der Waals surface area (Å²) in [4.78, 5) is 37.0. The number of methoxy groups -OCH3 is 1. The molecule has 4 rings (SSSR count). The smallest absolute Gasteiger partial charge is 0.341 e. The van der Waals surface area contributed by atoms with Crippen LogP contribution in [0.3, 0.4) is 0 Å². The Morgan fingerprint density at radius 1 is 1.00 bits per heavy atom. The summed E-state index contributed by atoms with van der Waals surface area (Å²) in [5.41, 5.74) is 1.64. The van der Waals surface area contributed by atoms with E-state index in [9.17, 15) is 19.5 Å². The number of nitrogens with one attached hydrogen (secondary N) is 2. The number of rotatable bonds is 5. The molecule has 0 radical (unpaired) electrons. The van der Waals surface area contributed by atoms with Crippen LogP contribution in [0, 0.1) is 0 Å². The van der Waals surface area contributed by atoms with Gasteiger partial charge in [-0.3, -0.25) is 9.59 Å². The lowest BCUT2D eigenvalue weighted by Gasteiger charge is -2.13. The van der Waals surface area contributed by atoms with Crippen LogP contribution in [0.2, 0.25) is 0 Å². The molecule has 8 nitrogen and oxygen atoms in total. The van der Waals surface area contributed by atoms with Crippen molar-refractivity contribution in [2.24, 2.45) is 0 Å². The van der Waals surface area contributed by atoms with Crippen LogP contribution >= 0.6 is 0 Å². The Morgan fingerprint density at radius 2 is 1.78 bits per heavy atom. The monoisotopic (exact) mass is 432 g/mol.